The van der Waals surface area contributed by atoms with Crippen LogP contribution in [0.5, 0.6) is 23.5 Å². The standard InChI is InChI=1S/C19H17N3O4/c1-24-16-12-17(25-2)22-19(21-16)26-15-10-8-13(9-11-15)18(23)20-14-6-4-3-5-7-14/h3-12H,1-2H3,(H,20,23). The zero-order valence-electron chi connectivity index (χ0n) is 14.3. The van der Waals surface area contributed by atoms with Gasteiger partial charge in [-0.1, -0.05) is 18.2 Å². The Hall–Kier alpha value is -3.61. The van der Waals surface area contributed by atoms with Gasteiger partial charge in [0.15, 0.2) is 0 Å². The number of aromatic nitrogens is 2. The van der Waals surface area contributed by atoms with Gasteiger partial charge in [0.05, 0.1) is 20.3 Å². The van der Waals surface area contributed by atoms with Gasteiger partial charge in [-0.15, -0.1) is 0 Å². The van der Waals surface area contributed by atoms with E-state index in [1.165, 1.54) is 14.2 Å². The number of benzene rings is 2. The van der Waals surface area contributed by atoms with Crippen molar-refractivity contribution < 1.29 is 19.0 Å². The van der Waals surface area contributed by atoms with Crippen molar-refractivity contribution in [1.82, 2.24) is 9.97 Å². The first-order valence-corrected chi connectivity index (χ1v) is 7.79. The maximum Gasteiger partial charge on any atom is 0.328 e. The van der Waals surface area contributed by atoms with Gasteiger partial charge in [-0.2, -0.15) is 9.97 Å². The molecule has 1 aromatic heterocycles. The molecule has 1 N–H and O–H groups in total. The van der Waals surface area contributed by atoms with E-state index in [0.717, 1.165) is 5.69 Å². The van der Waals surface area contributed by atoms with Crippen molar-refractivity contribution in [2.75, 3.05) is 19.5 Å². The molecule has 0 atom stereocenters. The Balaban J connectivity index is 1.71. The molecule has 3 aromatic rings. The van der Waals surface area contributed by atoms with Crippen LogP contribution in [0.1, 0.15) is 10.4 Å². The lowest BCUT2D eigenvalue weighted by Gasteiger charge is -2.08. The van der Waals surface area contributed by atoms with Crippen molar-refractivity contribution >= 4 is 11.6 Å². The van der Waals surface area contributed by atoms with Crippen LogP contribution in [-0.4, -0.2) is 30.1 Å². The molecule has 26 heavy (non-hydrogen) atoms. The molecule has 7 heteroatoms. The van der Waals surface area contributed by atoms with Gasteiger partial charge in [0, 0.05) is 11.3 Å². The summed E-state index contributed by atoms with van der Waals surface area (Å²) in [6, 6.07) is 17.5. The lowest BCUT2D eigenvalue weighted by Crippen LogP contribution is -2.11. The van der Waals surface area contributed by atoms with E-state index in [0.29, 0.717) is 23.1 Å². The van der Waals surface area contributed by atoms with Gasteiger partial charge >= 0.3 is 6.01 Å². The van der Waals surface area contributed by atoms with Crippen molar-refractivity contribution in [3.05, 3.63) is 66.2 Å². The van der Waals surface area contributed by atoms with Crippen LogP contribution in [0.2, 0.25) is 0 Å². The second-order valence-electron chi connectivity index (χ2n) is 5.18. The van der Waals surface area contributed by atoms with Gasteiger partial charge in [0.25, 0.3) is 5.91 Å². The van der Waals surface area contributed by atoms with E-state index in [2.05, 4.69) is 15.3 Å². The van der Waals surface area contributed by atoms with E-state index >= 15 is 0 Å². The fraction of sp³-hybridized carbons (Fsp3) is 0.105. The van der Waals surface area contributed by atoms with Gasteiger partial charge in [-0.3, -0.25) is 4.79 Å². The molecule has 1 heterocycles. The first-order valence-electron chi connectivity index (χ1n) is 7.79. The summed E-state index contributed by atoms with van der Waals surface area (Å²) in [5.74, 6) is 0.926. The van der Waals surface area contributed by atoms with Crippen molar-refractivity contribution in [2.45, 2.75) is 0 Å². The Kier molecular flexibility index (Phi) is 5.28. The van der Waals surface area contributed by atoms with E-state index < -0.39 is 0 Å². The molecule has 0 saturated carbocycles. The van der Waals surface area contributed by atoms with Gasteiger partial charge in [0.1, 0.15) is 5.75 Å². The highest BCUT2D eigenvalue weighted by atomic mass is 16.5. The average molecular weight is 351 g/mol. The van der Waals surface area contributed by atoms with E-state index in [-0.39, 0.29) is 11.9 Å². The Morgan fingerprint density at radius 3 is 2.08 bits per heavy atom. The first-order chi connectivity index (χ1) is 12.7. The molecule has 0 aliphatic carbocycles. The van der Waals surface area contributed by atoms with E-state index in [4.69, 9.17) is 14.2 Å². The minimum atomic E-state index is -0.206. The van der Waals surface area contributed by atoms with Crippen LogP contribution in [-0.2, 0) is 0 Å². The Labute approximate surface area is 150 Å². The Bertz CT molecular complexity index is 861. The summed E-state index contributed by atoms with van der Waals surface area (Å²) >= 11 is 0. The lowest BCUT2D eigenvalue weighted by molar-refractivity contribution is 0.102. The number of hydrogen-bond donors (Lipinski definition) is 1. The van der Waals surface area contributed by atoms with Crippen LogP contribution in [0, 0.1) is 0 Å². The van der Waals surface area contributed by atoms with Crippen molar-refractivity contribution in [3.63, 3.8) is 0 Å². The molecule has 0 radical (unpaired) electrons. The third kappa shape index (κ3) is 4.27. The molecule has 132 valence electrons. The molecule has 0 unspecified atom stereocenters. The minimum Gasteiger partial charge on any atom is -0.481 e. The van der Waals surface area contributed by atoms with E-state index in [1.54, 1.807) is 30.3 Å². The van der Waals surface area contributed by atoms with Crippen LogP contribution in [0.4, 0.5) is 5.69 Å². The zero-order chi connectivity index (χ0) is 18.4. The number of ether oxygens (including phenoxy) is 3. The lowest BCUT2D eigenvalue weighted by atomic mass is 10.2. The number of carbonyl (C=O) groups excluding carboxylic acids is 1. The van der Waals surface area contributed by atoms with Gasteiger partial charge in [-0.25, -0.2) is 0 Å². The number of rotatable bonds is 6. The molecule has 0 aliphatic rings. The normalized spacial score (nSPS) is 10.1. The summed E-state index contributed by atoms with van der Waals surface area (Å²) < 4.78 is 15.8. The molecule has 2 aromatic carbocycles. The summed E-state index contributed by atoms with van der Waals surface area (Å²) in [4.78, 5) is 20.4. The molecule has 0 saturated heterocycles. The van der Waals surface area contributed by atoms with Crippen LogP contribution in [0.15, 0.2) is 60.7 Å². The van der Waals surface area contributed by atoms with Crippen LogP contribution < -0.4 is 19.5 Å². The average Bonchev–Trinajstić information content (AvgIpc) is 2.69. The summed E-state index contributed by atoms with van der Waals surface area (Å²) in [5.41, 5.74) is 1.24. The van der Waals surface area contributed by atoms with Gasteiger partial charge in [-0.05, 0) is 36.4 Å². The first kappa shape index (κ1) is 17.2. The molecule has 0 fully saturated rings. The highest BCUT2D eigenvalue weighted by Gasteiger charge is 2.09. The number of nitrogens with one attached hydrogen (secondary N) is 1. The Morgan fingerprint density at radius 1 is 0.885 bits per heavy atom. The van der Waals surface area contributed by atoms with E-state index in [9.17, 15) is 4.79 Å². The molecule has 7 nitrogen and oxygen atoms in total. The molecular formula is C19H17N3O4. The second-order valence-corrected chi connectivity index (χ2v) is 5.18. The predicted octanol–water partition coefficient (Wildman–Crippen LogP) is 3.54. The van der Waals surface area contributed by atoms with Crippen molar-refractivity contribution in [2.24, 2.45) is 0 Å². The summed E-state index contributed by atoms with van der Waals surface area (Å²) in [6.45, 7) is 0. The van der Waals surface area contributed by atoms with Crippen LogP contribution >= 0.6 is 0 Å². The van der Waals surface area contributed by atoms with Crippen LogP contribution in [0.3, 0.4) is 0 Å². The third-order valence-electron chi connectivity index (χ3n) is 3.43. The molecule has 3 rings (SSSR count). The fourth-order valence-corrected chi connectivity index (χ4v) is 2.14. The predicted molar refractivity (Wildman–Crippen MR) is 96.0 cm³/mol. The third-order valence-corrected chi connectivity index (χ3v) is 3.43. The smallest absolute Gasteiger partial charge is 0.328 e. The maximum absolute atomic E-state index is 12.2. The molecule has 0 aliphatic heterocycles. The minimum absolute atomic E-state index is 0.0858. The van der Waals surface area contributed by atoms with Crippen LogP contribution in [0.25, 0.3) is 0 Å². The highest BCUT2D eigenvalue weighted by molar-refractivity contribution is 6.04. The second kappa shape index (κ2) is 7.98. The van der Waals surface area contributed by atoms with Crippen molar-refractivity contribution in [1.29, 1.82) is 0 Å². The largest absolute Gasteiger partial charge is 0.481 e. The SMILES string of the molecule is COc1cc(OC)nc(Oc2ccc(C(=O)Nc3ccccc3)cc2)n1. The monoisotopic (exact) mass is 351 g/mol. The highest BCUT2D eigenvalue weighted by Crippen LogP contribution is 2.24. The number of amides is 1. The van der Waals surface area contributed by atoms with E-state index in [1.807, 2.05) is 30.3 Å². The molecule has 0 bridgehead atoms. The fourth-order valence-electron chi connectivity index (χ4n) is 2.14. The number of nitrogens with zero attached hydrogens (tertiary/aromatic N) is 2. The maximum atomic E-state index is 12.2. The van der Waals surface area contributed by atoms with Crippen molar-refractivity contribution in [3.8, 4) is 23.5 Å². The Morgan fingerprint density at radius 2 is 1.50 bits per heavy atom. The number of para-hydroxylation sites is 1. The molecular weight excluding hydrogens is 334 g/mol. The molecule has 1 amide bonds. The molecule has 0 spiro atoms. The summed E-state index contributed by atoms with van der Waals surface area (Å²) in [6.07, 6.45) is 0. The zero-order valence-corrected chi connectivity index (χ0v) is 14.3. The number of carbonyl (C=O) groups is 1. The topological polar surface area (TPSA) is 82.6 Å². The van der Waals surface area contributed by atoms with Gasteiger partial charge < -0.3 is 19.5 Å². The number of methoxy groups -OCH3 is 2. The number of anilines is 1. The summed E-state index contributed by atoms with van der Waals surface area (Å²) in [5, 5.41) is 2.82. The number of hydrogen-bond acceptors (Lipinski definition) is 6. The quantitative estimate of drug-likeness (QED) is 0.731. The summed E-state index contributed by atoms with van der Waals surface area (Å²) in [7, 11) is 2.98. The van der Waals surface area contributed by atoms with Gasteiger partial charge in [0.2, 0.25) is 11.8 Å².